The van der Waals surface area contributed by atoms with Crippen LogP contribution in [0.3, 0.4) is 0 Å². The minimum Gasteiger partial charge on any atom is -0.496 e. The van der Waals surface area contributed by atoms with Crippen LogP contribution in [-0.4, -0.2) is 39.0 Å². The van der Waals surface area contributed by atoms with Crippen molar-refractivity contribution < 1.29 is 14.2 Å². The van der Waals surface area contributed by atoms with Crippen molar-refractivity contribution in [2.45, 2.75) is 39.3 Å². The second kappa shape index (κ2) is 9.03. The maximum atomic E-state index is 6.00. The number of benzene rings is 1. The van der Waals surface area contributed by atoms with Crippen molar-refractivity contribution in [2.24, 2.45) is 0 Å². The molecule has 4 nitrogen and oxygen atoms in total. The standard InChI is InChI=1S/C17H29NO3/c1-6-20-11-12-21-16(13-18-17(2,3)4)14-9-7-8-10-15(14)19-5/h7-10,16,18H,6,11-13H2,1-5H3. The molecular formula is C17H29NO3. The van der Waals surface area contributed by atoms with Gasteiger partial charge in [0.1, 0.15) is 5.75 Å². The first-order chi connectivity index (χ1) is 9.98. The molecule has 1 rings (SSSR count). The molecule has 4 heteroatoms. The zero-order valence-corrected chi connectivity index (χ0v) is 13.9. The molecule has 0 saturated carbocycles. The molecule has 1 unspecified atom stereocenters. The average Bonchev–Trinajstić information content (AvgIpc) is 2.45. The van der Waals surface area contributed by atoms with Gasteiger partial charge in [0, 0.05) is 24.3 Å². The fourth-order valence-corrected chi connectivity index (χ4v) is 1.98. The zero-order chi connectivity index (χ0) is 15.7. The molecule has 1 aromatic carbocycles. The molecule has 0 bridgehead atoms. The number of hydrogen-bond acceptors (Lipinski definition) is 4. The molecule has 0 heterocycles. The molecule has 0 amide bonds. The summed E-state index contributed by atoms with van der Waals surface area (Å²) in [5.41, 5.74) is 1.11. The molecule has 0 aliphatic heterocycles. The number of ether oxygens (including phenoxy) is 3. The van der Waals surface area contributed by atoms with Gasteiger partial charge in [-0.15, -0.1) is 0 Å². The quantitative estimate of drug-likeness (QED) is 0.710. The van der Waals surface area contributed by atoms with Crippen LogP contribution in [0.1, 0.15) is 39.4 Å². The third-order valence-corrected chi connectivity index (χ3v) is 3.05. The van der Waals surface area contributed by atoms with Crippen LogP contribution in [0.5, 0.6) is 5.75 Å². The minimum atomic E-state index is -0.0548. The molecular weight excluding hydrogens is 266 g/mol. The lowest BCUT2D eigenvalue weighted by Crippen LogP contribution is -2.39. The Kier molecular flexibility index (Phi) is 7.72. The Balaban J connectivity index is 2.74. The van der Waals surface area contributed by atoms with Crippen molar-refractivity contribution in [3.8, 4) is 5.75 Å². The van der Waals surface area contributed by atoms with Gasteiger partial charge in [0.25, 0.3) is 0 Å². The van der Waals surface area contributed by atoms with Crippen LogP contribution >= 0.6 is 0 Å². The van der Waals surface area contributed by atoms with Crippen LogP contribution in [0, 0.1) is 0 Å². The number of hydrogen-bond donors (Lipinski definition) is 1. The van der Waals surface area contributed by atoms with Gasteiger partial charge in [0.15, 0.2) is 0 Å². The maximum absolute atomic E-state index is 6.00. The van der Waals surface area contributed by atoms with Gasteiger partial charge in [0.2, 0.25) is 0 Å². The van der Waals surface area contributed by atoms with Crippen molar-refractivity contribution in [3.63, 3.8) is 0 Å². The lowest BCUT2D eigenvalue weighted by Gasteiger charge is -2.26. The first-order valence-corrected chi connectivity index (χ1v) is 7.55. The zero-order valence-electron chi connectivity index (χ0n) is 13.9. The van der Waals surface area contributed by atoms with E-state index in [-0.39, 0.29) is 11.6 Å². The van der Waals surface area contributed by atoms with Crippen molar-refractivity contribution in [3.05, 3.63) is 29.8 Å². The Morgan fingerprint density at radius 3 is 2.48 bits per heavy atom. The van der Waals surface area contributed by atoms with Crippen LogP contribution < -0.4 is 10.1 Å². The van der Waals surface area contributed by atoms with Gasteiger partial charge in [-0.3, -0.25) is 0 Å². The second-order valence-electron chi connectivity index (χ2n) is 5.93. The highest BCUT2D eigenvalue weighted by Crippen LogP contribution is 2.27. The summed E-state index contributed by atoms with van der Waals surface area (Å²) in [5, 5.41) is 3.49. The monoisotopic (exact) mass is 295 g/mol. The third-order valence-electron chi connectivity index (χ3n) is 3.05. The molecule has 1 aromatic rings. The average molecular weight is 295 g/mol. The van der Waals surface area contributed by atoms with E-state index in [1.165, 1.54) is 0 Å². The number of methoxy groups -OCH3 is 1. The van der Waals surface area contributed by atoms with E-state index >= 15 is 0 Å². The number of para-hydroxylation sites is 1. The summed E-state index contributed by atoms with van der Waals surface area (Å²) in [6.07, 6.45) is -0.0548. The van der Waals surface area contributed by atoms with Crippen molar-refractivity contribution >= 4 is 0 Å². The van der Waals surface area contributed by atoms with Crippen LogP contribution in [0.4, 0.5) is 0 Å². The fourth-order valence-electron chi connectivity index (χ4n) is 1.98. The first kappa shape index (κ1) is 18.0. The second-order valence-corrected chi connectivity index (χ2v) is 5.93. The van der Waals surface area contributed by atoms with Crippen LogP contribution in [0.15, 0.2) is 24.3 Å². The van der Waals surface area contributed by atoms with Crippen LogP contribution in [0.2, 0.25) is 0 Å². The minimum absolute atomic E-state index is 0.0452. The molecule has 1 N–H and O–H groups in total. The summed E-state index contributed by atoms with van der Waals surface area (Å²) in [7, 11) is 1.69. The van der Waals surface area contributed by atoms with Crippen LogP contribution in [0.25, 0.3) is 0 Å². The third kappa shape index (κ3) is 6.93. The van der Waals surface area contributed by atoms with E-state index in [0.29, 0.717) is 19.8 Å². The largest absolute Gasteiger partial charge is 0.496 e. The Morgan fingerprint density at radius 1 is 1.14 bits per heavy atom. The highest BCUT2D eigenvalue weighted by atomic mass is 16.5. The van der Waals surface area contributed by atoms with Crippen molar-refractivity contribution in [1.82, 2.24) is 5.32 Å². The van der Waals surface area contributed by atoms with E-state index in [0.717, 1.165) is 17.9 Å². The number of nitrogens with one attached hydrogen (secondary N) is 1. The van der Waals surface area contributed by atoms with Crippen molar-refractivity contribution in [2.75, 3.05) is 33.5 Å². The van der Waals surface area contributed by atoms with Gasteiger partial charge >= 0.3 is 0 Å². The molecule has 0 saturated heterocycles. The van der Waals surface area contributed by atoms with E-state index in [2.05, 4.69) is 32.2 Å². The van der Waals surface area contributed by atoms with Gasteiger partial charge in [-0.25, -0.2) is 0 Å². The summed E-state index contributed by atoms with van der Waals surface area (Å²) in [6.45, 7) is 11.0. The SMILES string of the molecule is CCOCCOC(CNC(C)(C)C)c1ccccc1OC. The molecule has 21 heavy (non-hydrogen) atoms. The lowest BCUT2D eigenvalue weighted by atomic mass is 10.1. The highest BCUT2D eigenvalue weighted by Gasteiger charge is 2.19. The summed E-state index contributed by atoms with van der Waals surface area (Å²) in [4.78, 5) is 0. The predicted molar refractivity (Wildman–Crippen MR) is 85.9 cm³/mol. The Morgan fingerprint density at radius 2 is 1.86 bits per heavy atom. The maximum Gasteiger partial charge on any atom is 0.124 e. The molecule has 0 fully saturated rings. The Bertz CT molecular complexity index is 401. The molecule has 0 aromatic heterocycles. The van der Waals surface area contributed by atoms with Crippen LogP contribution in [-0.2, 0) is 9.47 Å². The summed E-state index contributed by atoms with van der Waals surface area (Å²) < 4.78 is 16.8. The molecule has 0 aliphatic rings. The van der Waals surface area contributed by atoms with Gasteiger partial charge in [-0.1, -0.05) is 18.2 Å². The molecule has 120 valence electrons. The van der Waals surface area contributed by atoms with E-state index in [1.807, 2.05) is 25.1 Å². The van der Waals surface area contributed by atoms with E-state index in [1.54, 1.807) is 7.11 Å². The van der Waals surface area contributed by atoms with E-state index in [4.69, 9.17) is 14.2 Å². The van der Waals surface area contributed by atoms with Gasteiger partial charge < -0.3 is 19.5 Å². The smallest absolute Gasteiger partial charge is 0.124 e. The first-order valence-electron chi connectivity index (χ1n) is 7.55. The lowest BCUT2D eigenvalue weighted by molar-refractivity contribution is 0.00369. The molecule has 1 atom stereocenters. The Labute approximate surface area is 128 Å². The normalized spacial score (nSPS) is 13.2. The van der Waals surface area contributed by atoms with Gasteiger partial charge in [-0.2, -0.15) is 0 Å². The van der Waals surface area contributed by atoms with E-state index < -0.39 is 0 Å². The van der Waals surface area contributed by atoms with Gasteiger partial charge in [0.05, 0.1) is 26.4 Å². The topological polar surface area (TPSA) is 39.7 Å². The fraction of sp³-hybridized carbons (Fsp3) is 0.647. The van der Waals surface area contributed by atoms with E-state index in [9.17, 15) is 0 Å². The highest BCUT2D eigenvalue weighted by molar-refractivity contribution is 5.35. The van der Waals surface area contributed by atoms with Crippen molar-refractivity contribution in [1.29, 1.82) is 0 Å². The predicted octanol–water partition coefficient (Wildman–Crippen LogP) is 3.18. The molecule has 0 spiro atoms. The number of rotatable bonds is 9. The Hall–Kier alpha value is -1.10. The molecule has 0 aliphatic carbocycles. The van der Waals surface area contributed by atoms with Gasteiger partial charge in [-0.05, 0) is 33.8 Å². The summed E-state index contributed by atoms with van der Waals surface area (Å²) >= 11 is 0. The molecule has 0 radical (unpaired) electrons. The summed E-state index contributed by atoms with van der Waals surface area (Å²) in [5.74, 6) is 0.856. The summed E-state index contributed by atoms with van der Waals surface area (Å²) in [6, 6.07) is 7.99.